The number of piperidine rings is 1. The van der Waals surface area contributed by atoms with E-state index in [9.17, 15) is 9.59 Å². The molecule has 2 amide bonds. The van der Waals surface area contributed by atoms with Gasteiger partial charge in [-0.15, -0.1) is 11.3 Å². The lowest BCUT2D eigenvalue weighted by Gasteiger charge is -2.39. The molecule has 0 N–H and O–H groups in total. The molecular formula is C20H27N5O3S. The highest BCUT2D eigenvalue weighted by Gasteiger charge is 2.47. The van der Waals surface area contributed by atoms with Crippen LogP contribution in [0, 0.1) is 5.41 Å². The van der Waals surface area contributed by atoms with Crippen molar-refractivity contribution in [1.82, 2.24) is 24.6 Å². The third-order valence-electron chi connectivity index (χ3n) is 6.16. The van der Waals surface area contributed by atoms with E-state index in [1.165, 1.54) is 11.3 Å². The van der Waals surface area contributed by atoms with Crippen molar-refractivity contribution < 1.29 is 14.3 Å². The largest absolute Gasteiger partial charge is 0.383 e. The number of carbonyl (C=O) groups excluding carboxylic acids is 2. The van der Waals surface area contributed by atoms with Gasteiger partial charge in [0.15, 0.2) is 0 Å². The van der Waals surface area contributed by atoms with Crippen molar-refractivity contribution in [1.29, 1.82) is 0 Å². The number of aryl methyl sites for hydroxylation is 1. The number of methoxy groups -OCH3 is 1. The van der Waals surface area contributed by atoms with Gasteiger partial charge in [-0.3, -0.25) is 14.3 Å². The van der Waals surface area contributed by atoms with Crippen LogP contribution in [0.25, 0.3) is 0 Å². The van der Waals surface area contributed by atoms with Gasteiger partial charge in [-0.05, 0) is 30.7 Å². The molecule has 0 bridgehead atoms. The Balaban J connectivity index is 1.39. The van der Waals surface area contributed by atoms with Crippen LogP contribution in [0.1, 0.15) is 35.4 Å². The van der Waals surface area contributed by atoms with E-state index in [1.807, 2.05) is 29.1 Å². The van der Waals surface area contributed by atoms with Crippen LogP contribution in [-0.2, 0) is 23.0 Å². The van der Waals surface area contributed by atoms with Crippen LogP contribution < -0.4 is 0 Å². The summed E-state index contributed by atoms with van der Waals surface area (Å²) >= 11 is 1.43. The summed E-state index contributed by atoms with van der Waals surface area (Å²) in [5.41, 5.74) is 3.06. The molecule has 4 rings (SSSR count). The fourth-order valence-electron chi connectivity index (χ4n) is 4.63. The number of hydrogen-bond donors (Lipinski definition) is 0. The molecule has 0 saturated carbocycles. The van der Waals surface area contributed by atoms with Gasteiger partial charge in [0.25, 0.3) is 5.91 Å². The van der Waals surface area contributed by atoms with E-state index in [0.717, 1.165) is 38.0 Å². The third-order valence-corrected chi connectivity index (χ3v) is 6.75. The Morgan fingerprint density at radius 3 is 2.76 bits per heavy atom. The molecule has 2 aliphatic rings. The van der Waals surface area contributed by atoms with Crippen LogP contribution in [0.2, 0.25) is 0 Å². The monoisotopic (exact) mass is 417 g/mol. The van der Waals surface area contributed by atoms with Gasteiger partial charge >= 0.3 is 0 Å². The first-order chi connectivity index (χ1) is 14.0. The van der Waals surface area contributed by atoms with E-state index in [4.69, 9.17) is 4.74 Å². The smallest absolute Gasteiger partial charge is 0.273 e. The lowest BCUT2D eigenvalue weighted by molar-refractivity contribution is -0.132. The number of thiazole rings is 1. The van der Waals surface area contributed by atoms with Gasteiger partial charge in [0.05, 0.1) is 30.3 Å². The zero-order chi connectivity index (χ0) is 20.4. The van der Waals surface area contributed by atoms with Gasteiger partial charge < -0.3 is 14.5 Å². The highest BCUT2D eigenvalue weighted by molar-refractivity contribution is 7.07. The molecule has 1 spiro atoms. The van der Waals surface area contributed by atoms with Gasteiger partial charge in [-0.2, -0.15) is 5.10 Å². The Hall–Kier alpha value is -2.26. The molecule has 2 fully saturated rings. The first-order valence-electron chi connectivity index (χ1n) is 9.94. The van der Waals surface area contributed by atoms with Crippen LogP contribution in [0.5, 0.6) is 0 Å². The van der Waals surface area contributed by atoms with Crippen molar-refractivity contribution in [3.8, 4) is 0 Å². The van der Waals surface area contributed by atoms with E-state index in [1.54, 1.807) is 22.7 Å². The first-order valence-corrected chi connectivity index (χ1v) is 10.9. The molecule has 4 heterocycles. The highest BCUT2D eigenvalue weighted by atomic mass is 32.1. The fraction of sp³-hybridized carbons (Fsp3) is 0.600. The zero-order valence-electron chi connectivity index (χ0n) is 16.9. The highest BCUT2D eigenvalue weighted by Crippen LogP contribution is 2.44. The maximum atomic E-state index is 12.9. The van der Waals surface area contributed by atoms with Gasteiger partial charge in [0.1, 0.15) is 5.69 Å². The van der Waals surface area contributed by atoms with Crippen molar-refractivity contribution in [2.75, 3.05) is 33.4 Å². The van der Waals surface area contributed by atoms with Gasteiger partial charge in [0.2, 0.25) is 5.91 Å². The molecular weight excluding hydrogens is 390 g/mol. The Bertz CT molecular complexity index is 857. The second-order valence-electron chi connectivity index (χ2n) is 8.16. The minimum atomic E-state index is -0.0150. The van der Waals surface area contributed by atoms with Crippen LogP contribution in [0.15, 0.2) is 23.2 Å². The molecule has 1 atom stereocenters. The van der Waals surface area contributed by atoms with Crippen LogP contribution in [0.3, 0.4) is 0 Å². The molecule has 0 radical (unpaired) electrons. The van der Waals surface area contributed by atoms with Crippen molar-refractivity contribution in [2.24, 2.45) is 12.5 Å². The molecule has 2 aromatic rings. The fourth-order valence-corrected chi connectivity index (χ4v) is 5.15. The summed E-state index contributed by atoms with van der Waals surface area (Å²) in [5.74, 6) is 0.110. The Labute approximate surface area is 174 Å². The van der Waals surface area contributed by atoms with Gasteiger partial charge in [0, 0.05) is 45.4 Å². The first kappa shape index (κ1) is 20.0. The normalized spacial score (nSPS) is 21.1. The van der Waals surface area contributed by atoms with E-state index in [2.05, 4.69) is 10.1 Å². The predicted octanol–water partition coefficient (Wildman–Crippen LogP) is 1.59. The summed E-state index contributed by atoms with van der Waals surface area (Å²) in [5, 5.41) is 6.11. The summed E-state index contributed by atoms with van der Waals surface area (Å²) in [4.78, 5) is 33.7. The lowest BCUT2D eigenvalue weighted by atomic mass is 9.76. The minimum Gasteiger partial charge on any atom is -0.383 e. The topological polar surface area (TPSA) is 80.6 Å². The molecule has 0 aliphatic carbocycles. The Morgan fingerprint density at radius 2 is 2.14 bits per heavy atom. The van der Waals surface area contributed by atoms with Crippen LogP contribution in [-0.4, -0.2) is 75.8 Å². The SMILES string of the molecule is COCC1CC2(CCN(C(=O)Cc3ccn(C)n3)CC2)CN1C(=O)c1cscn1. The quantitative estimate of drug-likeness (QED) is 0.738. The third kappa shape index (κ3) is 4.20. The maximum absolute atomic E-state index is 12.9. The second-order valence-corrected chi connectivity index (χ2v) is 8.88. The number of ether oxygens (including phenoxy) is 1. The van der Waals surface area contributed by atoms with Crippen molar-refractivity contribution >= 4 is 23.2 Å². The summed E-state index contributed by atoms with van der Waals surface area (Å²) in [6.45, 7) is 2.69. The number of rotatable bonds is 5. The lowest BCUT2D eigenvalue weighted by Crippen LogP contribution is -2.45. The molecule has 1 unspecified atom stereocenters. The van der Waals surface area contributed by atoms with E-state index >= 15 is 0 Å². The van der Waals surface area contributed by atoms with Crippen LogP contribution >= 0.6 is 11.3 Å². The van der Waals surface area contributed by atoms with Crippen molar-refractivity contribution in [2.45, 2.75) is 31.7 Å². The van der Waals surface area contributed by atoms with Crippen molar-refractivity contribution in [3.63, 3.8) is 0 Å². The summed E-state index contributed by atoms with van der Waals surface area (Å²) < 4.78 is 7.12. The molecule has 8 nitrogen and oxygen atoms in total. The molecule has 156 valence electrons. The number of hydrogen-bond acceptors (Lipinski definition) is 6. The molecule has 0 aromatic carbocycles. The second kappa shape index (κ2) is 8.23. The Morgan fingerprint density at radius 1 is 1.34 bits per heavy atom. The molecule has 2 aliphatic heterocycles. The molecule has 29 heavy (non-hydrogen) atoms. The summed E-state index contributed by atoms with van der Waals surface area (Å²) in [6, 6.07) is 1.95. The minimum absolute atomic E-state index is 0.0150. The van der Waals surface area contributed by atoms with Gasteiger partial charge in [-0.1, -0.05) is 0 Å². The van der Waals surface area contributed by atoms with E-state index in [-0.39, 0.29) is 23.3 Å². The molecule has 9 heteroatoms. The molecule has 2 saturated heterocycles. The van der Waals surface area contributed by atoms with Gasteiger partial charge in [-0.25, -0.2) is 4.98 Å². The summed E-state index contributed by atoms with van der Waals surface area (Å²) in [7, 11) is 3.53. The van der Waals surface area contributed by atoms with Crippen LogP contribution in [0.4, 0.5) is 0 Å². The van der Waals surface area contributed by atoms with E-state index < -0.39 is 0 Å². The Kier molecular flexibility index (Phi) is 5.69. The number of aromatic nitrogens is 3. The maximum Gasteiger partial charge on any atom is 0.273 e. The standard InChI is InChI=1S/C20H27N5O3S/c1-23-6-3-15(22-23)9-18(26)24-7-4-20(5-8-24)10-16(11-28-2)25(13-20)19(27)17-12-29-14-21-17/h3,6,12,14,16H,4-5,7-11,13H2,1-2H3. The zero-order valence-corrected chi connectivity index (χ0v) is 17.7. The number of likely N-dealkylation sites (tertiary alicyclic amines) is 2. The summed E-state index contributed by atoms with van der Waals surface area (Å²) in [6.07, 6.45) is 4.92. The molecule has 2 aromatic heterocycles. The van der Waals surface area contributed by atoms with Crippen molar-refractivity contribution in [3.05, 3.63) is 34.5 Å². The average molecular weight is 418 g/mol. The predicted molar refractivity (Wildman–Crippen MR) is 109 cm³/mol. The number of nitrogens with zero attached hydrogens (tertiary/aromatic N) is 5. The average Bonchev–Trinajstić information content (AvgIpc) is 3.44. The number of carbonyl (C=O) groups is 2. The number of amides is 2. The van der Waals surface area contributed by atoms with E-state index in [0.29, 0.717) is 25.3 Å².